The van der Waals surface area contributed by atoms with E-state index in [0.717, 1.165) is 11.8 Å². The molecule has 4 atom stereocenters. The SMILES string of the molecule is FC(F)(F)CN1CC[C@H](NC(=S)N[C@H]2C[C@H]3CC[C@H]2C3)C1. The van der Waals surface area contributed by atoms with Gasteiger partial charge in [-0.3, -0.25) is 4.90 Å². The Morgan fingerprint density at radius 3 is 2.57 bits per heavy atom. The molecule has 0 spiro atoms. The molecule has 21 heavy (non-hydrogen) atoms. The molecule has 7 heteroatoms. The third-order valence-electron chi connectivity index (χ3n) is 5.07. The van der Waals surface area contributed by atoms with Crippen LogP contribution in [0.25, 0.3) is 0 Å². The zero-order valence-electron chi connectivity index (χ0n) is 12.0. The quantitative estimate of drug-likeness (QED) is 0.780. The molecule has 1 heterocycles. The highest BCUT2D eigenvalue weighted by Gasteiger charge is 2.40. The van der Waals surface area contributed by atoms with Gasteiger partial charge in [-0.15, -0.1) is 0 Å². The molecule has 0 unspecified atom stereocenters. The van der Waals surface area contributed by atoms with E-state index in [1.807, 2.05) is 0 Å². The molecule has 0 aromatic heterocycles. The van der Waals surface area contributed by atoms with Crippen LogP contribution < -0.4 is 10.6 Å². The molecule has 2 aliphatic carbocycles. The Morgan fingerprint density at radius 2 is 1.95 bits per heavy atom. The summed E-state index contributed by atoms with van der Waals surface area (Å²) in [6, 6.07) is 0.502. The minimum absolute atomic E-state index is 0.0333. The van der Waals surface area contributed by atoms with Crippen molar-refractivity contribution in [2.75, 3.05) is 19.6 Å². The van der Waals surface area contributed by atoms with Gasteiger partial charge in [-0.2, -0.15) is 13.2 Å². The van der Waals surface area contributed by atoms with Crippen molar-refractivity contribution in [1.82, 2.24) is 15.5 Å². The Hall–Kier alpha value is -0.560. The molecule has 3 aliphatic rings. The predicted molar refractivity (Wildman–Crippen MR) is 79.0 cm³/mol. The van der Waals surface area contributed by atoms with Gasteiger partial charge in [0.15, 0.2) is 5.11 Å². The fraction of sp³-hybridized carbons (Fsp3) is 0.929. The summed E-state index contributed by atoms with van der Waals surface area (Å²) in [6.07, 6.45) is 1.73. The lowest BCUT2D eigenvalue weighted by Crippen LogP contribution is -2.48. The number of nitrogens with one attached hydrogen (secondary N) is 2. The molecule has 1 saturated heterocycles. The van der Waals surface area contributed by atoms with Crippen LogP contribution in [0.5, 0.6) is 0 Å². The monoisotopic (exact) mass is 321 g/mol. The van der Waals surface area contributed by atoms with Gasteiger partial charge >= 0.3 is 6.18 Å². The lowest BCUT2D eigenvalue weighted by molar-refractivity contribution is -0.143. The molecular weight excluding hydrogens is 299 g/mol. The number of hydrogen-bond acceptors (Lipinski definition) is 2. The standard InChI is InChI=1S/C14H22F3N3S/c15-14(16,17)8-20-4-3-11(7-20)18-13(21)19-12-6-9-1-2-10(12)5-9/h9-12H,1-8H2,(H2,18,19,21)/t9-,10-,11-,12-/m0/s1. The Morgan fingerprint density at radius 1 is 1.14 bits per heavy atom. The average molecular weight is 321 g/mol. The normalized spacial score (nSPS) is 36.1. The molecule has 0 radical (unpaired) electrons. The van der Waals surface area contributed by atoms with Crippen LogP contribution in [0.4, 0.5) is 13.2 Å². The Kier molecular flexibility index (Phi) is 4.32. The van der Waals surface area contributed by atoms with E-state index < -0.39 is 12.7 Å². The van der Waals surface area contributed by atoms with Crippen molar-refractivity contribution in [2.24, 2.45) is 11.8 Å². The molecule has 3 fully saturated rings. The second-order valence-corrected chi connectivity index (χ2v) is 7.14. The van der Waals surface area contributed by atoms with E-state index in [9.17, 15) is 13.2 Å². The van der Waals surface area contributed by atoms with E-state index in [1.165, 1.54) is 30.6 Å². The van der Waals surface area contributed by atoms with Gasteiger partial charge in [0.1, 0.15) is 0 Å². The average Bonchev–Trinajstić information content (AvgIpc) is 3.04. The van der Waals surface area contributed by atoms with Crippen LogP contribution in [0.1, 0.15) is 32.1 Å². The third-order valence-corrected chi connectivity index (χ3v) is 5.30. The van der Waals surface area contributed by atoms with Crippen LogP contribution in [0.3, 0.4) is 0 Å². The van der Waals surface area contributed by atoms with Crippen LogP contribution in [-0.2, 0) is 0 Å². The molecule has 0 aromatic carbocycles. The fourth-order valence-corrected chi connectivity index (χ4v) is 4.48. The highest BCUT2D eigenvalue weighted by molar-refractivity contribution is 7.80. The largest absolute Gasteiger partial charge is 0.401 e. The van der Waals surface area contributed by atoms with Crippen LogP contribution in [0.2, 0.25) is 0 Å². The van der Waals surface area contributed by atoms with Crippen molar-refractivity contribution in [3.05, 3.63) is 0 Å². The summed E-state index contributed by atoms with van der Waals surface area (Å²) in [7, 11) is 0. The van der Waals surface area contributed by atoms with Crippen molar-refractivity contribution in [1.29, 1.82) is 0 Å². The smallest absolute Gasteiger partial charge is 0.360 e. The summed E-state index contributed by atoms with van der Waals surface area (Å²) in [6.45, 7) is 0.0731. The molecule has 120 valence electrons. The minimum Gasteiger partial charge on any atom is -0.360 e. The van der Waals surface area contributed by atoms with Gasteiger partial charge in [0.2, 0.25) is 0 Å². The first-order valence-electron chi connectivity index (χ1n) is 7.75. The van der Waals surface area contributed by atoms with E-state index in [2.05, 4.69) is 10.6 Å². The molecule has 3 rings (SSSR count). The molecular formula is C14H22F3N3S. The number of nitrogens with zero attached hydrogens (tertiary/aromatic N) is 1. The second-order valence-electron chi connectivity index (χ2n) is 6.74. The lowest BCUT2D eigenvalue weighted by atomic mass is 9.95. The predicted octanol–water partition coefficient (Wildman–Crippen LogP) is 2.28. The highest BCUT2D eigenvalue weighted by Crippen LogP contribution is 2.44. The number of alkyl halides is 3. The Labute approximate surface area is 128 Å². The van der Waals surface area contributed by atoms with Crippen LogP contribution in [0.15, 0.2) is 0 Å². The maximum absolute atomic E-state index is 12.4. The number of rotatable bonds is 3. The summed E-state index contributed by atoms with van der Waals surface area (Å²) in [4.78, 5) is 1.44. The van der Waals surface area contributed by atoms with E-state index in [-0.39, 0.29) is 6.04 Å². The van der Waals surface area contributed by atoms with E-state index >= 15 is 0 Å². The van der Waals surface area contributed by atoms with Gasteiger partial charge in [-0.05, 0) is 49.7 Å². The Bertz CT molecular complexity index is 401. The van der Waals surface area contributed by atoms with Crippen molar-refractivity contribution < 1.29 is 13.2 Å². The van der Waals surface area contributed by atoms with Gasteiger partial charge in [0.25, 0.3) is 0 Å². The van der Waals surface area contributed by atoms with E-state index in [0.29, 0.717) is 30.7 Å². The van der Waals surface area contributed by atoms with Gasteiger partial charge < -0.3 is 10.6 Å². The Balaban J connectivity index is 1.40. The number of fused-ring (bicyclic) bond motifs is 2. The number of hydrogen-bond donors (Lipinski definition) is 2. The number of halogens is 3. The fourth-order valence-electron chi connectivity index (χ4n) is 4.16. The summed E-state index contributed by atoms with van der Waals surface area (Å²) in [5.41, 5.74) is 0. The van der Waals surface area contributed by atoms with Gasteiger partial charge in [0, 0.05) is 25.2 Å². The zero-order chi connectivity index (χ0) is 15.0. The third kappa shape index (κ3) is 4.00. The summed E-state index contributed by atoms with van der Waals surface area (Å²) >= 11 is 5.33. The van der Waals surface area contributed by atoms with Crippen molar-refractivity contribution in [3.8, 4) is 0 Å². The maximum Gasteiger partial charge on any atom is 0.401 e. The first kappa shape index (κ1) is 15.3. The minimum atomic E-state index is -4.11. The van der Waals surface area contributed by atoms with Crippen molar-refractivity contribution in [3.63, 3.8) is 0 Å². The highest BCUT2D eigenvalue weighted by atomic mass is 32.1. The van der Waals surface area contributed by atoms with Gasteiger partial charge in [0.05, 0.1) is 6.54 Å². The zero-order valence-corrected chi connectivity index (χ0v) is 12.8. The van der Waals surface area contributed by atoms with E-state index in [1.54, 1.807) is 0 Å². The van der Waals surface area contributed by atoms with Crippen LogP contribution >= 0.6 is 12.2 Å². The first-order chi connectivity index (χ1) is 9.89. The molecule has 0 aromatic rings. The molecule has 1 aliphatic heterocycles. The van der Waals surface area contributed by atoms with E-state index in [4.69, 9.17) is 12.2 Å². The topological polar surface area (TPSA) is 27.3 Å². The van der Waals surface area contributed by atoms with Gasteiger partial charge in [-0.25, -0.2) is 0 Å². The van der Waals surface area contributed by atoms with Crippen LogP contribution in [-0.4, -0.2) is 47.9 Å². The molecule has 2 N–H and O–H groups in total. The number of likely N-dealkylation sites (tertiary alicyclic amines) is 1. The van der Waals surface area contributed by atoms with Gasteiger partial charge in [-0.1, -0.05) is 6.42 Å². The molecule has 2 bridgehead atoms. The summed E-state index contributed by atoms with van der Waals surface area (Å²) in [5, 5.41) is 7.19. The molecule has 0 amide bonds. The molecule has 2 saturated carbocycles. The summed E-state index contributed by atoms with van der Waals surface area (Å²) in [5.74, 6) is 1.59. The maximum atomic E-state index is 12.4. The summed E-state index contributed by atoms with van der Waals surface area (Å²) < 4.78 is 37.1. The second kappa shape index (κ2) is 5.91. The first-order valence-corrected chi connectivity index (χ1v) is 8.16. The lowest BCUT2D eigenvalue weighted by Gasteiger charge is -2.26. The van der Waals surface area contributed by atoms with Crippen molar-refractivity contribution in [2.45, 2.75) is 50.4 Å². The number of thiocarbonyl (C=S) groups is 1. The van der Waals surface area contributed by atoms with Crippen molar-refractivity contribution >= 4 is 17.3 Å². The van der Waals surface area contributed by atoms with Crippen LogP contribution in [0, 0.1) is 11.8 Å². The molecule has 3 nitrogen and oxygen atoms in total.